The van der Waals surface area contributed by atoms with Gasteiger partial charge in [0.25, 0.3) is 0 Å². The van der Waals surface area contributed by atoms with Gasteiger partial charge in [0.05, 0.1) is 11.6 Å². The summed E-state index contributed by atoms with van der Waals surface area (Å²) < 4.78 is 0. The maximum Gasteiger partial charge on any atom is 0.0991 e. The monoisotopic (exact) mass is 212 g/mol. The molecule has 2 bridgehead atoms. The molecule has 2 heterocycles. The first kappa shape index (κ1) is 9.86. The Morgan fingerprint density at radius 1 is 1.06 bits per heavy atom. The molecule has 1 aromatic rings. The van der Waals surface area contributed by atoms with Gasteiger partial charge < -0.3 is 5.32 Å². The summed E-state index contributed by atoms with van der Waals surface area (Å²) in [5.74, 6) is 0.700. The molecule has 0 aromatic heterocycles. The van der Waals surface area contributed by atoms with Crippen LogP contribution in [0.3, 0.4) is 0 Å². The Morgan fingerprint density at radius 2 is 1.69 bits per heavy atom. The second-order valence-corrected chi connectivity index (χ2v) is 5.04. The molecule has 1 aromatic carbocycles. The smallest absolute Gasteiger partial charge is 0.0991 e. The van der Waals surface area contributed by atoms with E-state index in [-0.39, 0.29) is 0 Å². The van der Waals surface area contributed by atoms with E-state index in [1.807, 2.05) is 12.1 Å². The number of piperidine rings is 1. The number of nitrogens with one attached hydrogen (secondary N) is 1. The molecule has 2 aliphatic rings. The summed E-state index contributed by atoms with van der Waals surface area (Å²) in [6.07, 6.45) is 5.22. The van der Waals surface area contributed by atoms with Crippen LogP contribution in [-0.2, 0) is 0 Å². The lowest BCUT2D eigenvalue weighted by Crippen LogP contribution is -2.37. The molecule has 0 aliphatic carbocycles. The highest BCUT2D eigenvalue weighted by Gasteiger charge is 2.33. The second kappa shape index (κ2) is 3.92. The molecule has 0 amide bonds. The van der Waals surface area contributed by atoms with Crippen molar-refractivity contribution in [2.45, 2.75) is 43.7 Å². The molecule has 0 spiro atoms. The van der Waals surface area contributed by atoms with Crippen LogP contribution in [0, 0.1) is 11.3 Å². The second-order valence-electron chi connectivity index (χ2n) is 5.04. The van der Waals surface area contributed by atoms with E-state index in [1.165, 1.54) is 31.2 Å². The van der Waals surface area contributed by atoms with Gasteiger partial charge in [-0.25, -0.2) is 0 Å². The number of fused-ring (bicyclic) bond motifs is 2. The number of hydrogen-bond donors (Lipinski definition) is 1. The summed E-state index contributed by atoms with van der Waals surface area (Å²) in [7, 11) is 0. The molecule has 0 radical (unpaired) electrons. The molecule has 3 rings (SSSR count). The quantitative estimate of drug-likeness (QED) is 0.776. The highest BCUT2D eigenvalue weighted by atomic mass is 15.0. The zero-order valence-corrected chi connectivity index (χ0v) is 9.32. The lowest BCUT2D eigenvalue weighted by atomic mass is 9.86. The summed E-state index contributed by atoms with van der Waals surface area (Å²) in [6, 6.07) is 11.8. The maximum atomic E-state index is 8.77. The molecular weight excluding hydrogens is 196 g/mol. The van der Waals surface area contributed by atoms with E-state index in [2.05, 4.69) is 23.5 Å². The largest absolute Gasteiger partial charge is 0.311 e. The molecule has 2 unspecified atom stereocenters. The van der Waals surface area contributed by atoms with E-state index in [0.29, 0.717) is 5.92 Å². The first-order chi connectivity index (χ1) is 7.85. The first-order valence-corrected chi connectivity index (χ1v) is 6.11. The molecule has 2 nitrogen and oxygen atoms in total. The molecule has 1 N–H and O–H groups in total. The minimum absolute atomic E-state index is 0.700. The summed E-state index contributed by atoms with van der Waals surface area (Å²) >= 11 is 0. The van der Waals surface area contributed by atoms with E-state index < -0.39 is 0 Å². The molecular formula is C14H16N2. The van der Waals surface area contributed by atoms with Crippen LogP contribution < -0.4 is 5.32 Å². The van der Waals surface area contributed by atoms with E-state index in [4.69, 9.17) is 5.26 Å². The van der Waals surface area contributed by atoms with Crippen molar-refractivity contribution in [3.8, 4) is 6.07 Å². The lowest BCUT2D eigenvalue weighted by Gasteiger charge is -2.29. The number of nitrogens with zero attached hydrogens (tertiary/aromatic N) is 1. The normalized spacial score (nSPS) is 32.3. The lowest BCUT2D eigenvalue weighted by molar-refractivity contribution is 0.363. The Kier molecular flexibility index (Phi) is 2.41. The van der Waals surface area contributed by atoms with Gasteiger partial charge in [-0.3, -0.25) is 0 Å². The van der Waals surface area contributed by atoms with Crippen LogP contribution in [0.5, 0.6) is 0 Å². The average molecular weight is 212 g/mol. The molecule has 16 heavy (non-hydrogen) atoms. The van der Waals surface area contributed by atoms with Crippen LogP contribution >= 0.6 is 0 Å². The number of hydrogen-bond acceptors (Lipinski definition) is 2. The molecule has 0 saturated carbocycles. The van der Waals surface area contributed by atoms with E-state index in [1.54, 1.807) is 0 Å². The fourth-order valence-corrected chi connectivity index (χ4v) is 3.16. The Morgan fingerprint density at radius 3 is 2.25 bits per heavy atom. The van der Waals surface area contributed by atoms with Crippen molar-refractivity contribution in [2.24, 2.45) is 0 Å². The van der Waals surface area contributed by atoms with Gasteiger partial charge in [-0.1, -0.05) is 12.1 Å². The van der Waals surface area contributed by atoms with Gasteiger partial charge in [0, 0.05) is 12.1 Å². The third-order valence-corrected chi connectivity index (χ3v) is 3.98. The molecule has 2 fully saturated rings. The van der Waals surface area contributed by atoms with Crippen molar-refractivity contribution >= 4 is 0 Å². The molecule has 2 aliphatic heterocycles. The van der Waals surface area contributed by atoms with Gasteiger partial charge in [0.1, 0.15) is 0 Å². The van der Waals surface area contributed by atoms with Crippen molar-refractivity contribution in [3.05, 3.63) is 35.4 Å². The van der Waals surface area contributed by atoms with Gasteiger partial charge in [-0.05, 0) is 49.3 Å². The minimum Gasteiger partial charge on any atom is -0.311 e. The van der Waals surface area contributed by atoms with Gasteiger partial charge in [0.2, 0.25) is 0 Å². The van der Waals surface area contributed by atoms with Crippen molar-refractivity contribution in [1.82, 2.24) is 5.32 Å². The van der Waals surface area contributed by atoms with E-state index >= 15 is 0 Å². The number of nitriles is 1. The SMILES string of the molecule is N#Cc1ccc(C2CC3CCC(C2)N3)cc1. The van der Waals surface area contributed by atoms with Crippen molar-refractivity contribution in [3.63, 3.8) is 0 Å². The molecule has 2 atom stereocenters. The predicted molar refractivity (Wildman–Crippen MR) is 63.1 cm³/mol. The van der Waals surface area contributed by atoms with Gasteiger partial charge in [-0.2, -0.15) is 5.26 Å². The Labute approximate surface area is 96.3 Å². The standard InChI is InChI=1S/C14H16N2/c15-9-10-1-3-11(4-2-10)12-7-13-5-6-14(8-12)16-13/h1-4,12-14,16H,5-8H2. The Balaban J connectivity index is 1.79. The topological polar surface area (TPSA) is 35.8 Å². The summed E-state index contributed by atoms with van der Waals surface area (Å²) in [4.78, 5) is 0. The van der Waals surface area contributed by atoms with Crippen LogP contribution in [0.25, 0.3) is 0 Å². The van der Waals surface area contributed by atoms with Gasteiger partial charge >= 0.3 is 0 Å². The number of benzene rings is 1. The molecule has 2 saturated heterocycles. The zero-order chi connectivity index (χ0) is 11.0. The molecule has 2 heteroatoms. The minimum atomic E-state index is 0.700. The zero-order valence-electron chi connectivity index (χ0n) is 9.32. The molecule has 82 valence electrons. The highest BCUT2D eigenvalue weighted by Crippen LogP contribution is 2.37. The van der Waals surface area contributed by atoms with Crippen LogP contribution in [0.2, 0.25) is 0 Å². The highest BCUT2D eigenvalue weighted by molar-refractivity contribution is 5.33. The van der Waals surface area contributed by atoms with Crippen molar-refractivity contribution in [1.29, 1.82) is 5.26 Å². The number of rotatable bonds is 1. The Hall–Kier alpha value is -1.33. The third-order valence-electron chi connectivity index (χ3n) is 3.98. The van der Waals surface area contributed by atoms with Crippen LogP contribution in [-0.4, -0.2) is 12.1 Å². The fraction of sp³-hybridized carbons (Fsp3) is 0.500. The van der Waals surface area contributed by atoms with E-state index in [9.17, 15) is 0 Å². The average Bonchev–Trinajstić information content (AvgIpc) is 2.68. The van der Waals surface area contributed by atoms with Crippen molar-refractivity contribution in [2.75, 3.05) is 0 Å². The van der Waals surface area contributed by atoms with Crippen LogP contribution in [0.15, 0.2) is 24.3 Å². The van der Waals surface area contributed by atoms with Gasteiger partial charge in [0.15, 0.2) is 0 Å². The summed E-state index contributed by atoms with van der Waals surface area (Å²) in [5.41, 5.74) is 2.18. The summed E-state index contributed by atoms with van der Waals surface area (Å²) in [5, 5.41) is 12.4. The summed E-state index contributed by atoms with van der Waals surface area (Å²) in [6.45, 7) is 0. The Bertz CT molecular complexity index is 403. The van der Waals surface area contributed by atoms with Gasteiger partial charge in [-0.15, -0.1) is 0 Å². The third kappa shape index (κ3) is 1.72. The fourth-order valence-electron chi connectivity index (χ4n) is 3.16. The van der Waals surface area contributed by atoms with Crippen molar-refractivity contribution < 1.29 is 0 Å². The predicted octanol–water partition coefficient (Wildman–Crippen LogP) is 2.56. The van der Waals surface area contributed by atoms with E-state index in [0.717, 1.165) is 17.6 Å². The van der Waals surface area contributed by atoms with Crippen LogP contribution in [0.1, 0.15) is 42.7 Å². The van der Waals surface area contributed by atoms with Crippen LogP contribution in [0.4, 0.5) is 0 Å². The first-order valence-electron chi connectivity index (χ1n) is 6.11. The maximum absolute atomic E-state index is 8.77.